The van der Waals surface area contributed by atoms with Gasteiger partial charge in [-0.2, -0.15) is 25.3 Å². The van der Waals surface area contributed by atoms with E-state index in [-0.39, 0.29) is 58.1 Å². The Morgan fingerprint density at radius 3 is 1.79 bits per heavy atom. The van der Waals surface area contributed by atoms with Crippen molar-refractivity contribution in [3.63, 3.8) is 0 Å². The zero-order valence-corrected chi connectivity index (χ0v) is 26.9. The quantitative estimate of drug-likeness (QED) is 0.136. The van der Waals surface area contributed by atoms with Gasteiger partial charge in [0.2, 0.25) is 0 Å². The van der Waals surface area contributed by atoms with E-state index in [2.05, 4.69) is 0 Å². The largest absolute Gasteiger partial charge is 0.496 e. The van der Waals surface area contributed by atoms with Crippen molar-refractivity contribution in [2.75, 3.05) is 45.5 Å². The van der Waals surface area contributed by atoms with E-state index in [0.717, 1.165) is 18.8 Å². The summed E-state index contributed by atoms with van der Waals surface area (Å²) < 4.78 is 104. The number of hydrogen-bond donors (Lipinski definition) is 0. The first-order chi connectivity index (χ1) is 20.0. The van der Waals surface area contributed by atoms with Crippen LogP contribution in [0.2, 0.25) is 0 Å². The summed E-state index contributed by atoms with van der Waals surface area (Å²) in [4.78, 5) is 0. The topological polar surface area (TPSA) is 158 Å². The summed E-state index contributed by atoms with van der Waals surface area (Å²) >= 11 is 5.63. The van der Waals surface area contributed by atoms with Crippen molar-refractivity contribution in [1.82, 2.24) is 0 Å². The number of hydrogen-bond acceptors (Lipinski definition) is 12. The Hall–Kier alpha value is -3.66. The molecule has 0 amide bonds. The summed E-state index contributed by atoms with van der Waals surface area (Å²) in [6.45, 7) is 0.0640. The van der Waals surface area contributed by atoms with Gasteiger partial charge >= 0.3 is 30.4 Å². The number of halogens is 1. The number of alkyl halides is 1. The molecule has 0 radical (unpaired) electrons. The molecule has 0 aromatic heterocycles. The van der Waals surface area contributed by atoms with Crippen molar-refractivity contribution in [2.45, 2.75) is 0 Å². The van der Waals surface area contributed by atoms with Gasteiger partial charge in [-0.3, -0.25) is 0 Å². The summed E-state index contributed by atoms with van der Waals surface area (Å²) in [7, 11) is -9.28. The maximum atomic E-state index is 12.4. The minimum atomic E-state index is -4.15. The molecule has 0 heterocycles. The summed E-state index contributed by atoms with van der Waals surface area (Å²) in [5.74, 6) is 0.0492. The number of rotatable bonds is 14. The van der Waals surface area contributed by atoms with E-state index in [1.807, 2.05) is 0 Å². The standard InChI is InChI=1S/C27H29ClO12S3/c1-35-24-17-21(18-8-11-20(12-9-18)38-41(3,29)30)26(36-2)27(40-43(5,33)34)25(24)19-10-13-22(37-15-7-6-14-28)23(16-19)39-42(4,31)32/h6-13,16-17H,14-15H2,1-5H3. The van der Waals surface area contributed by atoms with E-state index in [4.69, 9.17) is 38.4 Å². The number of allylic oxidation sites excluding steroid dienone is 1. The molecule has 3 aromatic carbocycles. The molecule has 234 valence electrons. The van der Waals surface area contributed by atoms with Crippen molar-refractivity contribution < 1.29 is 52.0 Å². The van der Waals surface area contributed by atoms with Crippen LogP contribution in [0.15, 0.2) is 60.7 Å². The summed E-state index contributed by atoms with van der Waals surface area (Å²) in [6.07, 6.45) is 5.89. The Labute approximate surface area is 256 Å². The minimum Gasteiger partial charge on any atom is -0.496 e. The normalized spacial score (nSPS) is 12.1. The highest BCUT2D eigenvalue weighted by atomic mass is 35.5. The van der Waals surface area contributed by atoms with Crippen LogP contribution in [-0.2, 0) is 30.4 Å². The minimum absolute atomic E-state index is 0.0184. The first kappa shape index (κ1) is 33.8. The van der Waals surface area contributed by atoms with E-state index in [1.54, 1.807) is 18.2 Å². The van der Waals surface area contributed by atoms with E-state index >= 15 is 0 Å². The molecule has 12 nitrogen and oxygen atoms in total. The van der Waals surface area contributed by atoms with Crippen LogP contribution in [0, 0.1) is 0 Å². The summed E-state index contributed by atoms with van der Waals surface area (Å²) in [6, 6.07) is 11.7. The number of methoxy groups -OCH3 is 2. The second-order valence-electron chi connectivity index (χ2n) is 8.85. The molecule has 0 bridgehead atoms. The van der Waals surface area contributed by atoms with Crippen LogP contribution in [0.25, 0.3) is 22.3 Å². The Bertz CT molecular complexity index is 1820. The Kier molecular flexibility index (Phi) is 10.8. The van der Waals surface area contributed by atoms with Gasteiger partial charge in [0.05, 0.1) is 38.6 Å². The van der Waals surface area contributed by atoms with Gasteiger partial charge in [0.15, 0.2) is 23.0 Å². The second-order valence-corrected chi connectivity index (χ2v) is 13.9. The fourth-order valence-corrected chi connectivity index (χ4v) is 5.35. The fourth-order valence-electron chi connectivity index (χ4n) is 3.84. The van der Waals surface area contributed by atoms with E-state index < -0.39 is 30.4 Å². The van der Waals surface area contributed by atoms with E-state index in [1.165, 1.54) is 56.7 Å². The lowest BCUT2D eigenvalue weighted by molar-refractivity contribution is 0.348. The zero-order chi connectivity index (χ0) is 32.0. The van der Waals surface area contributed by atoms with Crippen molar-refractivity contribution in [1.29, 1.82) is 0 Å². The Morgan fingerprint density at radius 2 is 1.26 bits per heavy atom. The molecular weight excluding hydrogens is 648 g/mol. The number of ether oxygens (including phenoxy) is 3. The third-order valence-electron chi connectivity index (χ3n) is 5.34. The first-order valence-corrected chi connectivity index (χ1v) is 18.1. The van der Waals surface area contributed by atoms with Gasteiger partial charge in [0.25, 0.3) is 0 Å². The molecule has 0 spiro atoms. The third kappa shape index (κ3) is 9.68. The van der Waals surface area contributed by atoms with Crippen molar-refractivity contribution in [3.8, 4) is 56.8 Å². The third-order valence-corrected chi connectivity index (χ3v) is 6.96. The molecule has 0 unspecified atom stereocenters. The maximum absolute atomic E-state index is 12.4. The summed E-state index contributed by atoms with van der Waals surface area (Å²) in [5.41, 5.74) is 1.12. The molecule has 16 heteroatoms. The zero-order valence-electron chi connectivity index (χ0n) is 23.7. The van der Waals surface area contributed by atoms with E-state index in [0.29, 0.717) is 11.1 Å². The Morgan fingerprint density at radius 1 is 0.651 bits per heavy atom. The van der Waals surface area contributed by atoms with Gasteiger partial charge in [-0.1, -0.05) is 30.4 Å². The van der Waals surface area contributed by atoms with Gasteiger partial charge in [-0.15, -0.1) is 11.6 Å². The highest BCUT2D eigenvalue weighted by molar-refractivity contribution is 7.86. The highest BCUT2D eigenvalue weighted by Gasteiger charge is 2.27. The molecule has 43 heavy (non-hydrogen) atoms. The van der Waals surface area contributed by atoms with Crippen LogP contribution in [-0.4, -0.2) is 70.7 Å². The molecule has 0 saturated carbocycles. The molecule has 0 atom stereocenters. The predicted octanol–water partition coefficient (Wildman–Crippen LogP) is 4.23. The maximum Gasteiger partial charge on any atom is 0.306 e. The van der Waals surface area contributed by atoms with Gasteiger partial charge in [0.1, 0.15) is 18.1 Å². The molecular formula is C27H29ClO12S3. The fraction of sp³-hybridized carbons (Fsp3) is 0.259. The number of benzene rings is 3. The van der Waals surface area contributed by atoms with Crippen LogP contribution < -0.4 is 26.8 Å². The lowest BCUT2D eigenvalue weighted by Crippen LogP contribution is -2.10. The SMILES string of the molecule is COc1cc(-c2ccc(OS(C)(=O)=O)cc2)c(OC)c(OS(C)(=O)=O)c1-c1ccc(OCC=CCCl)c(OS(C)(=O)=O)c1. The molecule has 0 aliphatic rings. The van der Waals surface area contributed by atoms with Crippen LogP contribution in [0.1, 0.15) is 0 Å². The monoisotopic (exact) mass is 676 g/mol. The van der Waals surface area contributed by atoms with Gasteiger partial charge in [-0.05, 0) is 41.5 Å². The second kappa shape index (κ2) is 13.8. The van der Waals surface area contributed by atoms with Crippen LogP contribution in [0.4, 0.5) is 0 Å². The lowest BCUT2D eigenvalue weighted by atomic mass is 9.96. The predicted molar refractivity (Wildman–Crippen MR) is 162 cm³/mol. The van der Waals surface area contributed by atoms with Gasteiger partial charge in [0, 0.05) is 11.4 Å². The van der Waals surface area contributed by atoms with Crippen molar-refractivity contribution in [2.24, 2.45) is 0 Å². The average molecular weight is 677 g/mol. The van der Waals surface area contributed by atoms with Crippen LogP contribution in [0.3, 0.4) is 0 Å². The molecule has 0 aliphatic heterocycles. The Balaban J connectivity index is 2.29. The molecule has 3 rings (SSSR count). The first-order valence-electron chi connectivity index (χ1n) is 12.1. The van der Waals surface area contributed by atoms with Crippen LogP contribution in [0.5, 0.6) is 34.5 Å². The molecule has 0 aliphatic carbocycles. The molecule has 0 fully saturated rings. The van der Waals surface area contributed by atoms with Crippen molar-refractivity contribution in [3.05, 3.63) is 60.7 Å². The average Bonchev–Trinajstić information content (AvgIpc) is 2.89. The summed E-state index contributed by atoms with van der Waals surface area (Å²) in [5, 5.41) is 0. The molecule has 3 aromatic rings. The van der Waals surface area contributed by atoms with Gasteiger partial charge < -0.3 is 26.8 Å². The molecule has 0 saturated heterocycles. The highest BCUT2D eigenvalue weighted by Crippen LogP contribution is 2.51. The van der Waals surface area contributed by atoms with E-state index in [9.17, 15) is 25.3 Å². The smallest absolute Gasteiger partial charge is 0.306 e. The van der Waals surface area contributed by atoms with Crippen LogP contribution >= 0.6 is 11.6 Å². The van der Waals surface area contributed by atoms with Crippen molar-refractivity contribution >= 4 is 42.0 Å². The van der Waals surface area contributed by atoms with Gasteiger partial charge in [-0.25, -0.2) is 0 Å². The lowest BCUT2D eigenvalue weighted by Gasteiger charge is -2.21. The molecule has 0 N–H and O–H groups in total.